The second kappa shape index (κ2) is 9.04. The van der Waals surface area contributed by atoms with Crippen molar-refractivity contribution in [3.05, 3.63) is 65.7 Å². The molecule has 4 nitrogen and oxygen atoms in total. The fraction of sp³-hybridized carbons (Fsp3) is 0.417. The molecule has 3 atom stereocenters. The summed E-state index contributed by atoms with van der Waals surface area (Å²) in [6.45, 7) is 0. The van der Waals surface area contributed by atoms with Gasteiger partial charge >= 0.3 is 0 Å². The molecule has 0 bridgehead atoms. The molecule has 1 heterocycles. The molecule has 2 aliphatic rings. The quantitative estimate of drug-likeness (QED) is 0.761. The van der Waals surface area contributed by atoms with Crippen LogP contribution >= 0.6 is 11.8 Å². The maximum atomic E-state index is 13.3. The van der Waals surface area contributed by atoms with Gasteiger partial charge in [0.25, 0.3) is 5.91 Å². The van der Waals surface area contributed by atoms with Gasteiger partial charge in [-0.25, -0.2) is 0 Å². The Morgan fingerprint density at radius 3 is 2.48 bits per heavy atom. The third-order valence-electron chi connectivity index (χ3n) is 6.18. The molecule has 0 spiro atoms. The fourth-order valence-corrected chi connectivity index (χ4v) is 5.32. The van der Waals surface area contributed by atoms with Crippen molar-refractivity contribution in [2.24, 2.45) is 5.92 Å². The van der Waals surface area contributed by atoms with Crippen molar-refractivity contribution < 1.29 is 9.59 Å². The molecule has 1 saturated heterocycles. The van der Waals surface area contributed by atoms with Gasteiger partial charge < -0.3 is 10.2 Å². The molecular weight excluding hydrogens is 380 g/mol. The highest BCUT2D eigenvalue weighted by molar-refractivity contribution is 7.97. The number of thioether (sulfide) groups is 1. The standard InChI is InChI=1S/C24H28N2O2S/c1-29-16-17-11-13-20(14-12-17)25-23(27)22-15-19-9-5-6-10-21(19)26(22)24(28)18-7-3-2-4-8-18/h2-4,7-8,11-14,19,21-22H,5-6,9-10,15-16H2,1H3,(H,25,27). The SMILES string of the molecule is CSCc1ccc(NC(=O)C2CC3CCCCC3N2C(=O)c2ccccc2)cc1. The Bertz CT molecular complexity index is 853. The summed E-state index contributed by atoms with van der Waals surface area (Å²) in [5, 5.41) is 3.06. The van der Waals surface area contributed by atoms with E-state index in [0.717, 1.165) is 37.1 Å². The van der Waals surface area contributed by atoms with Crippen LogP contribution < -0.4 is 5.32 Å². The first-order valence-corrected chi connectivity index (χ1v) is 11.8. The number of hydrogen-bond donors (Lipinski definition) is 1. The monoisotopic (exact) mass is 408 g/mol. The predicted octanol–water partition coefficient (Wildman–Crippen LogP) is 4.96. The minimum absolute atomic E-state index is 0.0181. The molecule has 1 saturated carbocycles. The normalized spacial score (nSPS) is 23.5. The number of nitrogens with zero attached hydrogens (tertiary/aromatic N) is 1. The summed E-state index contributed by atoms with van der Waals surface area (Å²) in [4.78, 5) is 28.4. The Balaban J connectivity index is 1.54. The highest BCUT2D eigenvalue weighted by atomic mass is 32.2. The van der Waals surface area contributed by atoms with E-state index in [2.05, 4.69) is 11.6 Å². The van der Waals surface area contributed by atoms with Crippen molar-refractivity contribution in [3.8, 4) is 0 Å². The molecule has 0 aromatic heterocycles. The molecule has 1 aliphatic carbocycles. The van der Waals surface area contributed by atoms with Crippen LogP contribution in [0.4, 0.5) is 5.69 Å². The van der Waals surface area contributed by atoms with Crippen molar-refractivity contribution in [3.63, 3.8) is 0 Å². The van der Waals surface area contributed by atoms with E-state index in [1.165, 1.54) is 12.0 Å². The number of benzene rings is 2. The molecular formula is C24H28N2O2S. The van der Waals surface area contributed by atoms with Gasteiger partial charge in [-0.2, -0.15) is 11.8 Å². The number of anilines is 1. The number of hydrogen-bond acceptors (Lipinski definition) is 3. The first-order chi connectivity index (χ1) is 14.2. The second-order valence-corrected chi connectivity index (χ2v) is 8.93. The number of likely N-dealkylation sites (tertiary alicyclic amines) is 1. The zero-order chi connectivity index (χ0) is 20.2. The van der Waals surface area contributed by atoms with Crippen LogP contribution in [0, 0.1) is 5.92 Å². The average molecular weight is 409 g/mol. The molecule has 1 aliphatic heterocycles. The molecule has 0 radical (unpaired) electrons. The molecule has 2 aromatic rings. The van der Waals surface area contributed by atoms with E-state index in [4.69, 9.17) is 0 Å². The van der Waals surface area contributed by atoms with Crippen molar-refractivity contribution in [1.29, 1.82) is 0 Å². The van der Waals surface area contributed by atoms with Crippen molar-refractivity contribution in [1.82, 2.24) is 4.90 Å². The minimum atomic E-state index is -0.401. The van der Waals surface area contributed by atoms with E-state index in [1.807, 2.05) is 59.5 Å². The molecule has 4 rings (SSSR count). The lowest BCUT2D eigenvalue weighted by molar-refractivity contribution is -0.120. The largest absolute Gasteiger partial charge is 0.324 e. The summed E-state index contributed by atoms with van der Waals surface area (Å²) < 4.78 is 0. The molecule has 3 unspecified atom stereocenters. The molecule has 2 aromatic carbocycles. The van der Waals surface area contributed by atoms with E-state index in [9.17, 15) is 9.59 Å². The number of carbonyl (C=O) groups excluding carboxylic acids is 2. The molecule has 2 amide bonds. The van der Waals surface area contributed by atoms with Gasteiger partial charge in [-0.05, 0) is 61.3 Å². The lowest BCUT2D eigenvalue weighted by Gasteiger charge is -2.33. The van der Waals surface area contributed by atoms with Crippen LogP contribution in [0.25, 0.3) is 0 Å². The van der Waals surface area contributed by atoms with E-state index in [0.29, 0.717) is 11.5 Å². The molecule has 5 heteroatoms. The van der Waals surface area contributed by atoms with Gasteiger partial charge in [0.1, 0.15) is 6.04 Å². The number of fused-ring (bicyclic) bond motifs is 1. The zero-order valence-corrected chi connectivity index (χ0v) is 17.7. The highest BCUT2D eigenvalue weighted by Gasteiger charge is 2.47. The van der Waals surface area contributed by atoms with Crippen molar-refractivity contribution in [2.75, 3.05) is 11.6 Å². The minimum Gasteiger partial charge on any atom is -0.324 e. The average Bonchev–Trinajstić information content (AvgIpc) is 3.15. The summed E-state index contributed by atoms with van der Waals surface area (Å²) in [6.07, 6.45) is 7.27. The lowest BCUT2D eigenvalue weighted by atomic mass is 9.84. The summed E-state index contributed by atoms with van der Waals surface area (Å²) in [6, 6.07) is 17.1. The Labute approximate surface area is 177 Å². The van der Waals surface area contributed by atoms with E-state index in [1.54, 1.807) is 11.8 Å². The topological polar surface area (TPSA) is 49.4 Å². The van der Waals surface area contributed by atoms with Crippen LogP contribution in [-0.2, 0) is 10.5 Å². The van der Waals surface area contributed by atoms with Gasteiger partial charge in [0, 0.05) is 23.0 Å². The third kappa shape index (κ3) is 4.35. The number of carbonyl (C=O) groups is 2. The van der Waals surface area contributed by atoms with Crippen molar-refractivity contribution in [2.45, 2.75) is 49.9 Å². The van der Waals surface area contributed by atoms with E-state index >= 15 is 0 Å². The second-order valence-electron chi connectivity index (χ2n) is 8.06. The maximum absolute atomic E-state index is 13.3. The molecule has 1 N–H and O–H groups in total. The van der Waals surface area contributed by atoms with Crippen LogP contribution in [0.2, 0.25) is 0 Å². The number of nitrogens with one attached hydrogen (secondary N) is 1. The Hall–Kier alpha value is -2.27. The van der Waals surface area contributed by atoms with Gasteiger partial charge in [-0.3, -0.25) is 9.59 Å². The van der Waals surface area contributed by atoms with Crippen LogP contribution in [-0.4, -0.2) is 35.1 Å². The van der Waals surface area contributed by atoms with Crippen molar-refractivity contribution >= 4 is 29.3 Å². The van der Waals surface area contributed by atoms with Gasteiger partial charge in [0.05, 0.1) is 0 Å². The predicted molar refractivity (Wildman–Crippen MR) is 119 cm³/mol. The van der Waals surface area contributed by atoms with Crippen LogP contribution in [0.1, 0.15) is 48.0 Å². The fourth-order valence-electron chi connectivity index (χ4n) is 4.79. The maximum Gasteiger partial charge on any atom is 0.254 e. The number of amides is 2. The summed E-state index contributed by atoms with van der Waals surface area (Å²) >= 11 is 1.78. The van der Waals surface area contributed by atoms with Gasteiger partial charge in [-0.1, -0.05) is 43.2 Å². The molecule has 152 valence electrons. The first-order valence-electron chi connectivity index (χ1n) is 10.4. The first kappa shape index (κ1) is 20.0. The van der Waals surface area contributed by atoms with E-state index < -0.39 is 6.04 Å². The Morgan fingerprint density at radius 2 is 1.76 bits per heavy atom. The summed E-state index contributed by atoms with van der Waals surface area (Å²) in [7, 11) is 0. The Kier molecular flexibility index (Phi) is 6.24. The van der Waals surface area contributed by atoms with Gasteiger partial charge in [0.2, 0.25) is 5.91 Å². The highest BCUT2D eigenvalue weighted by Crippen LogP contribution is 2.40. The smallest absolute Gasteiger partial charge is 0.254 e. The van der Waals surface area contributed by atoms with Gasteiger partial charge in [0.15, 0.2) is 0 Å². The number of rotatable bonds is 5. The zero-order valence-electron chi connectivity index (χ0n) is 16.8. The Morgan fingerprint density at radius 1 is 1.03 bits per heavy atom. The van der Waals surface area contributed by atoms with Crippen LogP contribution in [0.15, 0.2) is 54.6 Å². The van der Waals surface area contributed by atoms with Crippen LogP contribution in [0.5, 0.6) is 0 Å². The summed E-state index contributed by atoms with van der Waals surface area (Å²) in [5.74, 6) is 1.30. The lowest BCUT2D eigenvalue weighted by Crippen LogP contribution is -2.47. The molecule has 2 fully saturated rings. The third-order valence-corrected chi connectivity index (χ3v) is 6.80. The summed E-state index contributed by atoms with van der Waals surface area (Å²) in [5.41, 5.74) is 2.70. The van der Waals surface area contributed by atoms with Gasteiger partial charge in [-0.15, -0.1) is 0 Å². The van der Waals surface area contributed by atoms with E-state index in [-0.39, 0.29) is 17.9 Å². The van der Waals surface area contributed by atoms with Crippen LogP contribution in [0.3, 0.4) is 0 Å². The molecule has 29 heavy (non-hydrogen) atoms.